The number of hydrogen-bond donors (Lipinski definition) is 0. The molecule has 0 saturated heterocycles. The molecule has 0 aromatic heterocycles. The lowest BCUT2D eigenvalue weighted by molar-refractivity contribution is -0.144. The summed E-state index contributed by atoms with van der Waals surface area (Å²) in [6, 6.07) is 5.83. The van der Waals surface area contributed by atoms with Crippen molar-refractivity contribution >= 4 is 11.9 Å². The molecule has 0 saturated carbocycles. The number of carbonyl (C=O) groups is 2. The van der Waals surface area contributed by atoms with Crippen LogP contribution in [0, 0.1) is 13.8 Å². The van der Waals surface area contributed by atoms with E-state index >= 15 is 0 Å². The van der Waals surface area contributed by atoms with Crippen LogP contribution < -0.4 is 4.74 Å². The summed E-state index contributed by atoms with van der Waals surface area (Å²) in [5.74, 6) is 0.227. The Balaban J connectivity index is 2.61. The molecular formula is C18H27NO5. The van der Waals surface area contributed by atoms with Gasteiger partial charge in [-0.1, -0.05) is 18.2 Å². The van der Waals surface area contributed by atoms with Gasteiger partial charge >= 0.3 is 5.97 Å². The van der Waals surface area contributed by atoms with Crippen LogP contribution in [-0.4, -0.2) is 56.8 Å². The van der Waals surface area contributed by atoms with Crippen LogP contribution in [0.1, 0.15) is 24.5 Å². The van der Waals surface area contributed by atoms with Crippen molar-refractivity contribution in [3.63, 3.8) is 0 Å². The second-order valence-corrected chi connectivity index (χ2v) is 5.44. The zero-order valence-electron chi connectivity index (χ0n) is 15.0. The summed E-state index contributed by atoms with van der Waals surface area (Å²) in [5.41, 5.74) is 1.97. The lowest BCUT2D eigenvalue weighted by Crippen LogP contribution is -2.39. The van der Waals surface area contributed by atoms with E-state index in [4.69, 9.17) is 14.2 Å². The smallest absolute Gasteiger partial charge is 0.307 e. The zero-order chi connectivity index (χ0) is 17.9. The highest BCUT2D eigenvalue weighted by atomic mass is 16.5. The van der Waals surface area contributed by atoms with E-state index in [1.165, 1.54) is 0 Å². The molecule has 1 amide bonds. The number of hydrogen-bond acceptors (Lipinski definition) is 5. The van der Waals surface area contributed by atoms with Crippen molar-refractivity contribution in [2.45, 2.75) is 27.2 Å². The first-order chi connectivity index (χ1) is 11.5. The first kappa shape index (κ1) is 20.0. The molecule has 0 fully saturated rings. The summed E-state index contributed by atoms with van der Waals surface area (Å²) in [6.07, 6.45) is 0.159. The van der Waals surface area contributed by atoms with Gasteiger partial charge in [-0.15, -0.1) is 0 Å². The van der Waals surface area contributed by atoms with Crippen LogP contribution in [0.2, 0.25) is 0 Å². The van der Waals surface area contributed by atoms with Gasteiger partial charge in [0.15, 0.2) is 6.61 Å². The predicted octanol–water partition coefficient (Wildman–Crippen LogP) is 2.11. The molecule has 0 N–H and O–H groups in total. The number of amides is 1. The maximum atomic E-state index is 12.4. The molecule has 0 aliphatic carbocycles. The molecular weight excluding hydrogens is 310 g/mol. The Bertz CT molecular complexity index is 524. The van der Waals surface area contributed by atoms with E-state index in [1.54, 1.807) is 18.9 Å². The Labute approximate surface area is 143 Å². The first-order valence-corrected chi connectivity index (χ1v) is 8.11. The highest BCUT2D eigenvalue weighted by molar-refractivity contribution is 5.78. The number of para-hydroxylation sites is 1. The Morgan fingerprint density at radius 3 is 2.38 bits per heavy atom. The summed E-state index contributed by atoms with van der Waals surface area (Å²) in [5, 5.41) is 0. The maximum Gasteiger partial charge on any atom is 0.307 e. The molecule has 0 aliphatic heterocycles. The third kappa shape index (κ3) is 6.58. The fourth-order valence-corrected chi connectivity index (χ4v) is 2.27. The van der Waals surface area contributed by atoms with Crippen LogP contribution >= 0.6 is 0 Å². The summed E-state index contributed by atoms with van der Waals surface area (Å²) in [7, 11) is 1.57. The van der Waals surface area contributed by atoms with Crippen molar-refractivity contribution < 1.29 is 23.8 Å². The van der Waals surface area contributed by atoms with Gasteiger partial charge in [-0.2, -0.15) is 0 Å². The molecule has 0 unspecified atom stereocenters. The summed E-state index contributed by atoms with van der Waals surface area (Å²) in [6.45, 7) is 7.00. The number of carbonyl (C=O) groups excluding carboxylic acids is 2. The van der Waals surface area contributed by atoms with Crippen LogP contribution in [-0.2, 0) is 19.1 Å². The zero-order valence-corrected chi connectivity index (χ0v) is 15.0. The minimum absolute atomic E-state index is 0.0712. The quantitative estimate of drug-likeness (QED) is 0.612. The van der Waals surface area contributed by atoms with Gasteiger partial charge in [-0.25, -0.2) is 0 Å². The normalized spacial score (nSPS) is 10.3. The minimum atomic E-state index is -0.316. The number of esters is 1. The summed E-state index contributed by atoms with van der Waals surface area (Å²) < 4.78 is 15.6. The molecule has 0 heterocycles. The third-order valence-corrected chi connectivity index (χ3v) is 3.56. The molecule has 6 nitrogen and oxygen atoms in total. The van der Waals surface area contributed by atoms with E-state index in [0.717, 1.165) is 16.9 Å². The average Bonchev–Trinajstić information content (AvgIpc) is 2.54. The number of methoxy groups -OCH3 is 1. The summed E-state index contributed by atoms with van der Waals surface area (Å²) >= 11 is 0. The Morgan fingerprint density at radius 2 is 1.79 bits per heavy atom. The highest BCUT2D eigenvalue weighted by Crippen LogP contribution is 2.22. The second kappa shape index (κ2) is 10.6. The van der Waals surface area contributed by atoms with Crippen molar-refractivity contribution in [3.05, 3.63) is 29.3 Å². The number of nitrogens with zero attached hydrogens (tertiary/aromatic N) is 1. The maximum absolute atomic E-state index is 12.4. The van der Waals surface area contributed by atoms with Gasteiger partial charge in [0.1, 0.15) is 5.75 Å². The first-order valence-electron chi connectivity index (χ1n) is 8.11. The van der Waals surface area contributed by atoms with Crippen LogP contribution in [0.25, 0.3) is 0 Å². The molecule has 134 valence electrons. The van der Waals surface area contributed by atoms with E-state index in [0.29, 0.717) is 19.8 Å². The number of rotatable bonds is 10. The molecule has 6 heteroatoms. The Morgan fingerprint density at radius 1 is 1.12 bits per heavy atom. The average molecular weight is 337 g/mol. The van der Waals surface area contributed by atoms with Crippen molar-refractivity contribution in [2.75, 3.05) is 40.0 Å². The van der Waals surface area contributed by atoms with Crippen LogP contribution in [0.3, 0.4) is 0 Å². The minimum Gasteiger partial charge on any atom is -0.483 e. The standard InChI is InChI=1S/C18H27NO5/c1-5-23-17(21)9-10-19(11-12-22-4)16(20)13-24-18-14(2)7-6-8-15(18)3/h6-8H,5,9-13H2,1-4H3. The van der Waals surface area contributed by atoms with Gasteiger partial charge in [0, 0.05) is 20.2 Å². The molecule has 0 spiro atoms. The summed E-state index contributed by atoms with van der Waals surface area (Å²) in [4.78, 5) is 25.5. The Kier molecular flexibility index (Phi) is 8.86. The van der Waals surface area contributed by atoms with E-state index in [9.17, 15) is 9.59 Å². The number of ether oxygens (including phenoxy) is 3. The molecule has 1 aromatic rings. The lowest BCUT2D eigenvalue weighted by Gasteiger charge is -2.22. The molecule has 0 atom stereocenters. The lowest BCUT2D eigenvalue weighted by atomic mass is 10.1. The molecule has 1 aromatic carbocycles. The molecule has 1 rings (SSSR count). The third-order valence-electron chi connectivity index (χ3n) is 3.56. The van der Waals surface area contributed by atoms with E-state index in [-0.39, 0.29) is 31.4 Å². The number of benzene rings is 1. The molecule has 0 bridgehead atoms. The van der Waals surface area contributed by atoms with Crippen LogP contribution in [0.4, 0.5) is 0 Å². The van der Waals surface area contributed by atoms with Crippen LogP contribution in [0.5, 0.6) is 5.75 Å². The van der Waals surface area contributed by atoms with Gasteiger partial charge in [0.25, 0.3) is 5.91 Å². The van der Waals surface area contributed by atoms with Crippen LogP contribution in [0.15, 0.2) is 18.2 Å². The van der Waals surface area contributed by atoms with Crippen molar-refractivity contribution in [3.8, 4) is 5.75 Å². The van der Waals surface area contributed by atoms with Crippen molar-refractivity contribution in [2.24, 2.45) is 0 Å². The van der Waals surface area contributed by atoms with E-state index in [2.05, 4.69) is 0 Å². The van der Waals surface area contributed by atoms with E-state index < -0.39 is 0 Å². The molecule has 24 heavy (non-hydrogen) atoms. The fraction of sp³-hybridized carbons (Fsp3) is 0.556. The highest BCUT2D eigenvalue weighted by Gasteiger charge is 2.17. The molecule has 0 radical (unpaired) electrons. The van der Waals surface area contributed by atoms with Crippen molar-refractivity contribution in [1.29, 1.82) is 0 Å². The second-order valence-electron chi connectivity index (χ2n) is 5.44. The Hall–Kier alpha value is -2.08. The van der Waals surface area contributed by atoms with Gasteiger partial charge in [-0.05, 0) is 31.9 Å². The largest absolute Gasteiger partial charge is 0.483 e. The van der Waals surface area contributed by atoms with Gasteiger partial charge in [-0.3, -0.25) is 9.59 Å². The predicted molar refractivity (Wildman–Crippen MR) is 91.1 cm³/mol. The fourth-order valence-electron chi connectivity index (χ4n) is 2.27. The van der Waals surface area contributed by atoms with E-state index in [1.807, 2.05) is 32.0 Å². The van der Waals surface area contributed by atoms with Gasteiger partial charge < -0.3 is 19.1 Å². The van der Waals surface area contributed by atoms with Gasteiger partial charge in [0.05, 0.1) is 19.6 Å². The monoisotopic (exact) mass is 337 g/mol. The topological polar surface area (TPSA) is 65.1 Å². The number of aryl methyl sites for hydroxylation is 2. The van der Waals surface area contributed by atoms with Crippen molar-refractivity contribution in [1.82, 2.24) is 4.90 Å². The van der Waals surface area contributed by atoms with Gasteiger partial charge in [0.2, 0.25) is 0 Å². The molecule has 0 aliphatic rings. The SMILES string of the molecule is CCOC(=O)CCN(CCOC)C(=O)COc1c(C)cccc1C.